The minimum Gasteiger partial charge on any atom is -0.322 e. The molecule has 2 aromatic carbocycles. The fourth-order valence-electron chi connectivity index (χ4n) is 2.14. The van der Waals surface area contributed by atoms with Crippen LogP contribution in [0, 0.1) is 6.92 Å². The lowest BCUT2D eigenvalue weighted by Gasteiger charge is -2.13. The Bertz CT molecular complexity index is 864. The summed E-state index contributed by atoms with van der Waals surface area (Å²) in [6.07, 6.45) is 0.693. The lowest BCUT2D eigenvalue weighted by atomic mass is 10.1. The van der Waals surface area contributed by atoms with Gasteiger partial charge in [0.2, 0.25) is 10.0 Å². The molecule has 0 saturated carbocycles. The Kier molecular flexibility index (Phi) is 6.21. The summed E-state index contributed by atoms with van der Waals surface area (Å²) in [5.41, 5.74) is 1.75. The van der Waals surface area contributed by atoms with Crippen LogP contribution < -0.4 is 10.0 Å². The molecule has 0 bridgehead atoms. The minimum absolute atomic E-state index is 0.128. The predicted octanol–water partition coefficient (Wildman–Crippen LogP) is 3.98. The molecule has 2 N–H and O–H groups in total. The van der Waals surface area contributed by atoms with Crippen molar-refractivity contribution in [1.29, 1.82) is 0 Å². The monoisotopic (exact) mass is 380 g/mol. The van der Waals surface area contributed by atoms with Gasteiger partial charge in [0.15, 0.2) is 0 Å². The average molecular weight is 381 g/mol. The maximum absolute atomic E-state index is 12.3. The number of sulfonamides is 1. The summed E-state index contributed by atoms with van der Waals surface area (Å²) >= 11 is 6.04. The highest BCUT2D eigenvalue weighted by molar-refractivity contribution is 7.89. The summed E-state index contributed by atoms with van der Waals surface area (Å²) in [6.45, 7) is 5.51. The van der Waals surface area contributed by atoms with E-state index in [1.54, 1.807) is 25.1 Å². The van der Waals surface area contributed by atoms with Crippen molar-refractivity contribution in [1.82, 2.24) is 4.72 Å². The van der Waals surface area contributed by atoms with Crippen LogP contribution in [0.1, 0.15) is 36.2 Å². The highest BCUT2D eigenvalue weighted by atomic mass is 35.5. The quantitative estimate of drug-likeness (QED) is 0.795. The van der Waals surface area contributed by atoms with Gasteiger partial charge in [0.05, 0.1) is 4.90 Å². The van der Waals surface area contributed by atoms with Gasteiger partial charge in [0.25, 0.3) is 5.91 Å². The van der Waals surface area contributed by atoms with Crippen LogP contribution in [0.15, 0.2) is 47.4 Å². The van der Waals surface area contributed by atoms with Gasteiger partial charge in [-0.3, -0.25) is 4.79 Å². The Balaban J connectivity index is 2.16. The van der Waals surface area contributed by atoms with Crippen LogP contribution in [0.5, 0.6) is 0 Å². The van der Waals surface area contributed by atoms with Crippen LogP contribution >= 0.6 is 11.6 Å². The third-order valence-corrected chi connectivity index (χ3v) is 5.93. The number of hydrogen-bond acceptors (Lipinski definition) is 3. The lowest BCUT2D eigenvalue weighted by molar-refractivity contribution is 0.102. The normalized spacial score (nSPS) is 12.6. The molecule has 0 spiro atoms. The second kappa shape index (κ2) is 7.99. The number of nitrogens with one attached hydrogen (secondary N) is 2. The smallest absolute Gasteiger partial charge is 0.255 e. The van der Waals surface area contributed by atoms with Crippen LogP contribution in [0.3, 0.4) is 0 Å². The van der Waals surface area contributed by atoms with Crippen LogP contribution in [0.4, 0.5) is 5.69 Å². The van der Waals surface area contributed by atoms with E-state index in [4.69, 9.17) is 11.6 Å². The summed E-state index contributed by atoms with van der Waals surface area (Å²) in [5.74, 6) is -0.329. The molecule has 0 saturated heterocycles. The summed E-state index contributed by atoms with van der Waals surface area (Å²) in [7, 11) is -3.58. The number of halogens is 1. The molecule has 134 valence electrons. The highest BCUT2D eigenvalue weighted by Gasteiger charge is 2.17. The van der Waals surface area contributed by atoms with Gasteiger partial charge in [0.1, 0.15) is 0 Å². The van der Waals surface area contributed by atoms with E-state index in [2.05, 4.69) is 10.0 Å². The number of benzene rings is 2. The van der Waals surface area contributed by atoms with Gasteiger partial charge in [0, 0.05) is 22.3 Å². The molecule has 25 heavy (non-hydrogen) atoms. The van der Waals surface area contributed by atoms with E-state index in [9.17, 15) is 13.2 Å². The molecule has 0 fully saturated rings. The van der Waals surface area contributed by atoms with E-state index in [0.717, 1.165) is 5.56 Å². The number of carbonyl (C=O) groups is 1. The number of hydrogen-bond donors (Lipinski definition) is 2. The van der Waals surface area contributed by atoms with Crippen molar-refractivity contribution in [3.63, 3.8) is 0 Å². The maximum Gasteiger partial charge on any atom is 0.255 e. The molecule has 7 heteroatoms. The van der Waals surface area contributed by atoms with E-state index in [1.165, 1.54) is 24.3 Å². The van der Waals surface area contributed by atoms with E-state index < -0.39 is 10.0 Å². The number of rotatable bonds is 6. The molecule has 0 heterocycles. The third-order valence-electron chi connectivity index (χ3n) is 3.91. The largest absolute Gasteiger partial charge is 0.322 e. The molecule has 2 rings (SSSR count). The zero-order valence-electron chi connectivity index (χ0n) is 14.3. The van der Waals surface area contributed by atoms with Crippen molar-refractivity contribution in [2.24, 2.45) is 0 Å². The molecule has 2 aromatic rings. The number of amides is 1. The summed E-state index contributed by atoms with van der Waals surface area (Å²) in [6, 6.07) is 10.9. The minimum atomic E-state index is -3.58. The van der Waals surface area contributed by atoms with E-state index in [0.29, 0.717) is 22.7 Å². The van der Waals surface area contributed by atoms with Crippen LogP contribution in [0.2, 0.25) is 5.02 Å². The van der Waals surface area contributed by atoms with Gasteiger partial charge in [-0.2, -0.15) is 0 Å². The molecule has 5 nitrogen and oxygen atoms in total. The fourth-order valence-corrected chi connectivity index (χ4v) is 3.64. The Morgan fingerprint density at radius 1 is 1.16 bits per heavy atom. The van der Waals surface area contributed by atoms with Gasteiger partial charge in [-0.1, -0.05) is 24.6 Å². The summed E-state index contributed by atoms with van der Waals surface area (Å²) < 4.78 is 27.0. The predicted molar refractivity (Wildman–Crippen MR) is 101 cm³/mol. The third kappa shape index (κ3) is 4.81. The van der Waals surface area contributed by atoms with Gasteiger partial charge < -0.3 is 5.32 Å². The number of anilines is 1. The summed E-state index contributed by atoms with van der Waals surface area (Å²) in [5, 5.41) is 3.34. The van der Waals surface area contributed by atoms with Gasteiger partial charge in [-0.15, -0.1) is 0 Å². The molecular weight excluding hydrogens is 360 g/mol. The highest BCUT2D eigenvalue weighted by Crippen LogP contribution is 2.23. The van der Waals surface area contributed by atoms with E-state index >= 15 is 0 Å². The van der Waals surface area contributed by atoms with Crippen molar-refractivity contribution >= 4 is 33.2 Å². The fraction of sp³-hybridized carbons (Fsp3) is 0.278. The molecule has 0 aromatic heterocycles. The SMILES string of the molecule is CC[C@@H](C)NS(=O)(=O)c1ccc(C(=O)Nc2cccc(Cl)c2C)cc1. The van der Waals surface area contributed by atoms with Gasteiger partial charge in [-0.25, -0.2) is 13.1 Å². The van der Waals surface area contributed by atoms with Gasteiger partial charge in [-0.05, 0) is 62.2 Å². The van der Waals surface area contributed by atoms with Crippen LogP contribution in [0.25, 0.3) is 0 Å². The molecule has 0 aliphatic rings. The molecule has 0 unspecified atom stereocenters. The summed E-state index contributed by atoms with van der Waals surface area (Å²) in [4.78, 5) is 12.5. The standard InChI is InChI=1S/C18H21ClN2O3S/c1-4-12(2)21-25(23,24)15-10-8-14(9-11-15)18(22)20-17-7-5-6-16(19)13(17)3/h5-12,21H,4H2,1-3H3,(H,20,22)/t12-/m1/s1. The molecular formula is C18H21ClN2O3S. The van der Waals surface area contributed by atoms with E-state index in [-0.39, 0.29) is 16.8 Å². The Hall–Kier alpha value is -1.89. The second-order valence-electron chi connectivity index (χ2n) is 5.82. The Morgan fingerprint density at radius 3 is 2.40 bits per heavy atom. The zero-order valence-corrected chi connectivity index (χ0v) is 15.9. The molecule has 0 aliphatic heterocycles. The molecule has 1 atom stereocenters. The number of carbonyl (C=O) groups excluding carboxylic acids is 1. The first kappa shape index (κ1) is 19.4. The first-order valence-electron chi connectivity index (χ1n) is 7.93. The zero-order chi connectivity index (χ0) is 18.6. The topological polar surface area (TPSA) is 75.3 Å². The van der Waals surface area contributed by atoms with Crippen molar-refractivity contribution in [3.8, 4) is 0 Å². The molecule has 0 radical (unpaired) electrons. The molecule has 1 amide bonds. The lowest BCUT2D eigenvalue weighted by Crippen LogP contribution is -2.32. The average Bonchev–Trinajstić information content (AvgIpc) is 2.58. The van der Waals surface area contributed by atoms with Crippen molar-refractivity contribution < 1.29 is 13.2 Å². The van der Waals surface area contributed by atoms with Crippen molar-refractivity contribution in [2.45, 2.75) is 38.1 Å². The van der Waals surface area contributed by atoms with Crippen LogP contribution in [-0.2, 0) is 10.0 Å². The van der Waals surface area contributed by atoms with E-state index in [1.807, 2.05) is 13.8 Å². The van der Waals surface area contributed by atoms with Gasteiger partial charge >= 0.3 is 0 Å². The molecule has 0 aliphatic carbocycles. The van der Waals surface area contributed by atoms with Crippen molar-refractivity contribution in [2.75, 3.05) is 5.32 Å². The Labute approximate surface area is 153 Å². The maximum atomic E-state index is 12.3. The Morgan fingerprint density at radius 2 is 1.80 bits per heavy atom. The van der Waals surface area contributed by atoms with Crippen LogP contribution in [-0.4, -0.2) is 20.4 Å². The first-order valence-corrected chi connectivity index (χ1v) is 9.79. The van der Waals surface area contributed by atoms with Crippen molar-refractivity contribution in [3.05, 3.63) is 58.6 Å². The first-order chi connectivity index (χ1) is 11.7. The second-order valence-corrected chi connectivity index (χ2v) is 7.94.